The largest absolute Gasteiger partial charge is 0.334 e. The first-order chi connectivity index (χ1) is 8.72. The summed E-state index contributed by atoms with van der Waals surface area (Å²) in [5.74, 6) is 0.929. The fourth-order valence-corrected chi connectivity index (χ4v) is 3.18. The zero-order chi connectivity index (χ0) is 12.7. The van der Waals surface area contributed by atoms with Crippen LogP contribution in [0.1, 0.15) is 11.5 Å². The molecule has 0 radical (unpaired) electrons. The lowest BCUT2D eigenvalue weighted by Gasteiger charge is -2.00. The van der Waals surface area contributed by atoms with Gasteiger partial charge >= 0.3 is 0 Å². The molecule has 3 rings (SSSR count). The van der Waals surface area contributed by atoms with Crippen LogP contribution in [-0.2, 0) is 13.6 Å². The third kappa shape index (κ3) is 1.57. The van der Waals surface area contributed by atoms with Crippen LogP contribution in [-0.4, -0.2) is 9.55 Å². The smallest absolute Gasteiger partial charge is 0.123 e. The van der Waals surface area contributed by atoms with Crippen molar-refractivity contribution in [3.05, 3.63) is 41.2 Å². The normalized spacial score (nSPS) is 11.3. The fourth-order valence-electron chi connectivity index (χ4n) is 2.24. The van der Waals surface area contributed by atoms with Crippen molar-refractivity contribution < 1.29 is 0 Å². The van der Waals surface area contributed by atoms with E-state index in [2.05, 4.69) is 46.1 Å². The van der Waals surface area contributed by atoms with E-state index in [-0.39, 0.29) is 0 Å². The Hall–Kier alpha value is -1.65. The van der Waals surface area contributed by atoms with Crippen LogP contribution in [0.4, 0.5) is 0 Å². The van der Waals surface area contributed by atoms with Crippen LogP contribution in [0.25, 0.3) is 21.3 Å². The van der Waals surface area contributed by atoms with Gasteiger partial charge in [0.25, 0.3) is 0 Å². The maximum atomic E-state index is 5.72. The van der Waals surface area contributed by atoms with Crippen molar-refractivity contribution in [2.24, 2.45) is 12.8 Å². The molecular formula is C14H15N3S. The van der Waals surface area contributed by atoms with Crippen molar-refractivity contribution in [1.82, 2.24) is 9.55 Å². The lowest BCUT2D eigenvalue weighted by molar-refractivity contribution is 0.774. The minimum Gasteiger partial charge on any atom is -0.334 e. The molecule has 3 nitrogen and oxygen atoms in total. The van der Waals surface area contributed by atoms with Crippen LogP contribution < -0.4 is 5.73 Å². The van der Waals surface area contributed by atoms with E-state index >= 15 is 0 Å². The molecule has 92 valence electrons. The molecule has 0 aliphatic heterocycles. The maximum Gasteiger partial charge on any atom is 0.123 e. The van der Waals surface area contributed by atoms with Gasteiger partial charge < -0.3 is 10.3 Å². The van der Waals surface area contributed by atoms with Gasteiger partial charge in [-0.3, -0.25) is 0 Å². The number of aromatic nitrogens is 2. The molecule has 0 aliphatic rings. The average Bonchev–Trinajstić information content (AvgIpc) is 2.93. The third-order valence-corrected chi connectivity index (χ3v) is 4.36. The minimum absolute atomic E-state index is 0.472. The molecule has 0 saturated heterocycles. The van der Waals surface area contributed by atoms with Gasteiger partial charge in [0.05, 0.1) is 12.2 Å². The van der Waals surface area contributed by atoms with E-state index in [1.54, 1.807) is 11.3 Å². The number of nitrogens with zero attached hydrogens (tertiary/aromatic N) is 2. The predicted octanol–water partition coefficient (Wildman–Crippen LogP) is 3.07. The molecule has 2 heterocycles. The molecule has 0 unspecified atom stereocenters. The van der Waals surface area contributed by atoms with Crippen LogP contribution in [0.5, 0.6) is 0 Å². The minimum atomic E-state index is 0.472. The van der Waals surface area contributed by atoms with Crippen LogP contribution in [0.15, 0.2) is 29.6 Å². The molecule has 0 atom stereocenters. The highest BCUT2D eigenvalue weighted by atomic mass is 32.1. The molecule has 2 aromatic heterocycles. The van der Waals surface area contributed by atoms with Crippen molar-refractivity contribution in [2.75, 3.05) is 0 Å². The summed E-state index contributed by atoms with van der Waals surface area (Å²) in [6, 6.07) is 8.43. The summed E-state index contributed by atoms with van der Waals surface area (Å²) in [7, 11) is 2.02. The van der Waals surface area contributed by atoms with E-state index in [1.165, 1.54) is 21.3 Å². The molecule has 0 amide bonds. The number of rotatable bonds is 2. The van der Waals surface area contributed by atoms with Crippen molar-refractivity contribution >= 4 is 21.4 Å². The summed E-state index contributed by atoms with van der Waals surface area (Å²) in [6.07, 6.45) is 0. The van der Waals surface area contributed by atoms with Gasteiger partial charge in [-0.05, 0) is 13.0 Å². The zero-order valence-corrected chi connectivity index (χ0v) is 11.3. The standard InChI is InChI=1S/C14H15N3S/c1-9-14(16-13(7-15)17(9)2)11-8-18-12-6-4-3-5-10(11)12/h3-6,8H,7,15H2,1-2H3. The highest BCUT2D eigenvalue weighted by Gasteiger charge is 2.15. The molecular weight excluding hydrogens is 242 g/mol. The Balaban J connectivity index is 2.26. The molecule has 0 saturated carbocycles. The van der Waals surface area contributed by atoms with E-state index in [0.29, 0.717) is 6.54 Å². The van der Waals surface area contributed by atoms with Crippen molar-refractivity contribution in [2.45, 2.75) is 13.5 Å². The third-order valence-electron chi connectivity index (χ3n) is 3.39. The van der Waals surface area contributed by atoms with Gasteiger partial charge in [0.15, 0.2) is 0 Å². The van der Waals surface area contributed by atoms with Gasteiger partial charge in [0, 0.05) is 33.8 Å². The summed E-state index contributed by atoms with van der Waals surface area (Å²) in [4.78, 5) is 4.67. The Morgan fingerprint density at radius 1 is 1.33 bits per heavy atom. The topological polar surface area (TPSA) is 43.8 Å². The van der Waals surface area contributed by atoms with E-state index in [9.17, 15) is 0 Å². The highest BCUT2D eigenvalue weighted by molar-refractivity contribution is 7.17. The molecule has 1 aromatic carbocycles. The number of nitrogens with two attached hydrogens (primary N) is 1. The van der Waals surface area contributed by atoms with Crippen LogP contribution >= 0.6 is 11.3 Å². The zero-order valence-electron chi connectivity index (χ0n) is 10.5. The van der Waals surface area contributed by atoms with Crippen LogP contribution in [0.2, 0.25) is 0 Å². The lowest BCUT2D eigenvalue weighted by Crippen LogP contribution is -2.05. The summed E-state index contributed by atoms with van der Waals surface area (Å²) >= 11 is 1.76. The second kappa shape index (κ2) is 4.23. The van der Waals surface area contributed by atoms with Gasteiger partial charge in [0.2, 0.25) is 0 Å². The van der Waals surface area contributed by atoms with Crippen molar-refractivity contribution in [1.29, 1.82) is 0 Å². The number of hydrogen-bond donors (Lipinski definition) is 1. The average molecular weight is 257 g/mol. The number of fused-ring (bicyclic) bond motifs is 1. The van der Waals surface area contributed by atoms with E-state index < -0.39 is 0 Å². The molecule has 4 heteroatoms. The van der Waals surface area contributed by atoms with Gasteiger partial charge in [-0.1, -0.05) is 18.2 Å². The molecule has 0 aliphatic carbocycles. The molecule has 0 spiro atoms. The summed E-state index contributed by atoms with van der Waals surface area (Å²) < 4.78 is 3.37. The number of hydrogen-bond acceptors (Lipinski definition) is 3. The Morgan fingerprint density at radius 3 is 2.83 bits per heavy atom. The summed E-state index contributed by atoms with van der Waals surface area (Å²) in [5, 5.41) is 3.45. The molecule has 3 aromatic rings. The SMILES string of the molecule is Cc1c(-c2csc3ccccc23)nc(CN)n1C. The Kier molecular flexibility index (Phi) is 2.69. The molecule has 0 bridgehead atoms. The molecule has 2 N–H and O–H groups in total. The first-order valence-electron chi connectivity index (χ1n) is 5.91. The monoisotopic (exact) mass is 257 g/mol. The van der Waals surface area contributed by atoms with Gasteiger partial charge in [0.1, 0.15) is 5.82 Å². The highest BCUT2D eigenvalue weighted by Crippen LogP contribution is 2.34. The first kappa shape index (κ1) is 11.4. The molecule has 0 fully saturated rings. The van der Waals surface area contributed by atoms with E-state index in [0.717, 1.165) is 11.5 Å². The van der Waals surface area contributed by atoms with Gasteiger partial charge in [-0.2, -0.15) is 0 Å². The van der Waals surface area contributed by atoms with E-state index in [4.69, 9.17) is 5.73 Å². The summed E-state index contributed by atoms with van der Waals surface area (Å²) in [6.45, 7) is 2.56. The Labute approximate surface area is 110 Å². The summed E-state index contributed by atoms with van der Waals surface area (Å²) in [5.41, 5.74) is 9.15. The predicted molar refractivity (Wildman–Crippen MR) is 76.7 cm³/mol. The number of imidazole rings is 1. The second-order valence-electron chi connectivity index (χ2n) is 4.37. The Bertz CT molecular complexity index is 709. The van der Waals surface area contributed by atoms with Crippen LogP contribution in [0, 0.1) is 6.92 Å². The maximum absolute atomic E-state index is 5.72. The van der Waals surface area contributed by atoms with Crippen LogP contribution in [0.3, 0.4) is 0 Å². The van der Waals surface area contributed by atoms with Crippen molar-refractivity contribution in [3.8, 4) is 11.3 Å². The Morgan fingerprint density at radius 2 is 2.11 bits per heavy atom. The van der Waals surface area contributed by atoms with Crippen molar-refractivity contribution in [3.63, 3.8) is 0 Å². The van der Waals surface area contributed by atoms with Gasteiger partial charge in [-0.15, -0.1) is 11.3 Å². The fraction of sp³-hybridized carbons (Fsp3) is 0.214. The number of benzene rings is 1. The quantitative estimate of drug-likeness (QED) is 0.766. The first-order valence-corrected chi connectivity index (χ1v) is 6.79. The number of thiophene rings is 1. The van der Waals surface area contributed by atoms with Gasteiger partial charge in [-0.25, -0.2) is 4.98 Å². The second-order valence-corrected chi connectivity index (χ2v) is 5.28. The molecule has 18 heavy (non-hydrogen) atoms. The van der Waals surface area contributed by atoms with E-state index in [1.807, 2.05) is 7.05 Å². The lowest BCUT2D eigenvalue weighted by atomic mass is 10.1.